The lowest BCUT2D eigenvalue weighted by molar-refractivity contribution is -0.118. The Balaban J connectivity index is 1.97. The van der Waals surface area contributed by atoms with Gasteiger partial charge in [0.15, 0.2) is 5.13 Å². The number of carbonyl (C=O) groups excluding carboxylic acids is 1. The van der Waals surface area contributed by atoms with Crippen LogP contribution in [0.25, 0.3) is 10.2 Å². The average Bonchev–Trinajstić information content (AvgIpc) is 2.96. The van der Waals surface area contributed by atoms with Gasteiger partial charge in [0.1, 0.15) is 0 Å². The Morgan fingerprint density at radius 3 is 2.91 bits per heavy atom. The van der Waals surface area contributed by atoms with E-state index in [0.29, 0.717) is 23.1 Å². The molecule has 1 aromatic carbocycles. The number of rotatable bonds is 5. The van der Waals surface area contributed by atoms with E-state index >= 15 is 0 Å². The van der Waals surface area contributed by atoms with Crippen LogP contribution in [-0.2, 0) is 11.3 Å². The van der Waals surface area contributed by atoms with Crippen LogP contribution >= 0.6 is 22.9 Å². The standard InChI is InChI=1S/C17H16ClN3OS/c1-2-5-16(22)21(11-13-6-3-4-9-19-13)17-20-14-8-7-12(18)10-15(14)23-17/h3-4,6-10H,2,5,11H2,1H3. The van der Waals surface area contributed by atoms with Crippen molar-refractivity contribution in [1.29, 1.82) is 0 Å². The van der Waals surface area contributed by atoms with E-state index in [-0.39, 0.29) is 5.91 Å². The Bertz CT molecular complexity index is 819. The lowest BCUT2D eigenvalue weighted by Crippen LogP contribution is -2.30. The minimum Gasteiger partial charge on any atom is -0.282 e. The van der Waals surface area contributed by atoms with Gasteiger partial charge in [0, 0.05) is 17.6 Å². The van der Waals surface area contributed by atoms with Crippen LogP contribution < -0.4 is 4.90 Å². The molecule has 118 valence electrons. The first-order valence-electron chi connectivity index (χ1n) is 7.43. The molecule has 23 heavy (non-hydrogen) atoms. The fraction of sp³-hybridized carbons (Fsp3) is 0.235. The molecule has 0 saturated heterocycles. The van der Waals surface area contributed by atoms with E-state index in [0.717, 1.165) is 22.3 Å². The lowest BCUT2D eigenvalue weighted by Gasteiger charge is -2.19. The van der Waals surface area contributed by atoms with E-state index < -0.39 is 0 Å². The van der Waals surface area contributed by atoms with Crippen molar-refractivity contribution >= 4 is 44.2 Å². The maximum absolute atomic E-state index is 12.5. The smallest absolute Gasteiger partial charge is 0.229 e. The van der Waals surface area contributed by atoms with Gasteiger partial charge in [-0.15, -0.1) is 0 Å². The fourth-order valence-corrected chi connectivity index (χ4v) is 3.52. The molecule has 3 rings (SSSR count). The summed E-state index contributed by atoms with van der Waals surface area (Å²) in [5.74, 6) is 0.0586. The van der Waals surface area contributed by atoms with Gasteiger partial charge in [0.2, 0.25) is 5.91 Å². The van der Waals surface area contributed by atoms with Gasteiger partial charge in [-0.1, -0.05) is 35.9 Å². The summed E-state index contributed by atoms with van der Waals surface area (Å²) in [6.07, 6.45) is 3.02. The number of hydrogen-bond acceptors (Lipinski definition) is 4. The van der Waals surface area contributed by atoms with E-state index in [1.54, 1.807) is 11.1 Å². The van der Waals surface area contributed by atoms with Crippen molar-refractivity contribution in [2.45, 2.75) is 26.3 Å². The van der Waals surface area contributed by atoms with Gasteiger partial charge in [-0.25, -0.2) is 4.98 Å². The van der Waals surface area contributed by atoms with E-state index in [1.165, 1.54) is 11.3 Å². The van der Waals surface area contributed by atoms with Crippen LogP contribution in [0.15, 0.2) is 42.6 Å². The molecule has 2 aromatic heterocycles. The van der Waals surface area contributed by atoms with Gasteiger partial charge in [0.05, 0.1) is 22.5 Å². The van der Waals surface area contributed by atoms with Gasteiger partial charge in [-0.2, -0.15) is 0 Å². The maximum Gasteiger partial charge on any atom is 0.229 e. The first-order chi connectivity index (χ1) is 11.2. The number of amides is 1. The predicted molar refractivity (Wildman–Crippen MR) is 95.0 cm³/mol. The van der Waals surface area contributed by atoms with Crippen LogP contribution in [0.1, 0.15) is 25.5 Å². The van der Waals surface area contributed by atoms with Crippen LogP contribution in [0.2, 0.25) is 5.02 Å². The average molecular weight is 346 g/mol. The molecule has 0 N–H and O–H groups in total. The molecule has 1 amide bonds. The van der Waals surface area contributed by atoms with Crippen LogP contribution in [0.3, 0.4) is 0 Å². The molecular weight excluding hydrogens is 330 g/mol. The molecule has 0 fully saturated rings. The number of halogens is 1. The first kappa shape index (κ1) is 15.9. The number of aromatic nitrogens is 2. The fourth-order valence-electron chi connectivity index (χ4n) is 2.27. The van der Waals surface area contributed by atoms with Gasteiger partial charge in [-0.05, 0) is 36.8 Å². The van der Waals surface area contributed by atoms with Gasteiger partial charge < -0.3 is 0 Å². The third kappa shape index (κ3) is 3.68. The minimum absolute atomic E-state index is 0.0586. The van der Waals surface area contributed by atoms with E-state index in [1.807, 2.05) is 43.3 Å². The summed E-state index contributed by atoms with van der Waals surface area (Å²) in [5, 5.41) is 1.36. The summed E-state index contributed by atoms with van der Waals surface area (Å²) in [6, 6.07) is 11.3. The van der Waals surface area contributed by atoms with E-state index in [2.05, 4.69) is 9.97 Å². The summed E-state index contributed by atoms with van der Waals surface area (Å²) in [7, 11) is 0. The highest BCUT2D eigenvalue weighted by Crippen LogP contribution is 2.31. The summed E-state index contributed by atoms with van der Waals surface area (Å²) < 4.78 is 0.975. The Kier molecular flexibility index (Phi) is 4.88. The molecule has 3 aromatic rings. The zero-order chi connectivity index (χ0) is 16.2. The molecule has 0 aliphatic carbocycles. The second-order valence-corrected chi connectivity index (χ2v) is 6.60. The van der Waals surface area contributed by atoms with Gasteiger partial charge >= 0.3 is 0 Å². The molecule has 0 atom stereocenters. The number of anilines is 1. The van der Waals surface area contributed by atoms with Crippen LogP contribution in [0, 0.1) is 0 Å². The molecule has 4 nitrogen and oxygen atoms in total. The van der Waals surface area contributed by atoms with Crippen LogP contribution in [0.4, 0.5) is 5.13 Å². The Morgan fingerprint density at radius 1 is 1.30 bits per heavy atom. The van der Waals surface area contributed by atoms with Crippen molar-refractivity contribution in [2.75, 3.05) is 4.90 Å². The molecular formula is C17H16ClN3OS. The molecule has 0 aliphatic rings. The SMILES string of the molecule is CCCC(=O)N(Cc1ccccn1)c1nc2ccc(Cl)cc2s1. The largest absolute Gasteiger partial charge is 0.282 e. The second kappa shape index (κ2) is 7.06. The van der Waals surface area contributed by atoms with Crippen molar-refractivity contribution < 1.29 is 4.79 Å². The molecule has 6 heteroatoms. The molecule has 2 heterocycles. The molecule has 0 unspecified atom stereocenters. The highest BCUT2D eigenvalue weighted by molar-refractivity contribution is 7.22. The summed E-state index contributed by atoms with van der Waals surface area (Å²) in [6.45, 7) is 2.42. The molecule has 0 spiro atoms. The topological polar surface area (TPSA) is 46.1 Å². The van der Waals surface area contributed by atoms with Crippen LogP contribution in [0.5, 0.6) is 0 Å². The lowest BCUT2D eigenvalue weighted by atomic mass is 10.3. The zero-order valence-electron chi connectivity index (χ0n) is 12.7. The highest BCUT2D eigenvalue weighted by atomic mass is 35.5. The molecule has 0 bridgehead atoms. The third-order valence-electron chi connectivity index (χ3n) is 3.38. The molecule has 0 radical (unpaired) electrons. The second-order valence-electron chi connectivity index (χ2n) is 5.16. The monoisotopic (exact) mass is 345 g/mol. The number of nitrogens with zero attached hydrogens (tertiary/aromatic N) is 3. The summed E-state index contributed by atoms with van der Waals surface area (Å²) in [4.78, 5) is 23.2. The number of fused-ring (bicyclic) bond motifs is 1. The summed E-state index contributed by atoms with van der Waals surface area (Å²) >= 11 is 7.51. The maximum atomic E-state index is 12.5. The van der Waals surface area contributed by atoms with Crippen molar-refractivity contribution in [1.82, 2.24) is 9.97 Å². The van der Waals surface area contributed by atoms with Crippen molar-refractivity contribution in [3.05, 3.63) is 53.3 Å². The first-order valence-corrected chi connectivity index (χ1v) is 8.63. The zero-order valence-corrected chi connectivity index (χ0v) is 14.3. The Labute approximate surface area is 143 Å². The normalized spacial score (nSPS) is 10.9. The summed E-state index contributed by atoms with van der Waals surface area (Å²) in [5.41, 5.74) is 1.69. The quantitative estimate of drug-likeness (QED) is 0.674. The number of benzene rings is 1. The van der Waals surface area contributed by atoms with Gasteiger partial charge in [0.25, 0.3) is 0 Å². The van der Waals surface area contributed by atoms with Crippen molar-refractivity contribution in [3.8, 4) is 0 Å². The van der Waals surface area contributed by atoms with E-state index in [9.17, 15) is 4.79 Å². The van der Waals surface area contributed by atoms with E-state index in [4.69, 9.17) is 11.6 Å². The Hall–Kier alpha value is -1.98. The Morgan fingerprint density at radius 2 is 2.17 bits per heavy atom. The molecule has 0 saturated carbocycles. The third-order valence-corrected chi connectivity index (χ3v) is 4.66. The number of pyridine rings is 1. The number of hydrogen-bond donors (Lipinski definition) is 0. The predicted octanol–water partition coefficient (Wildman–Crippen LogP) is 4.68. The number of carbonyl (C=O) groups is 1. The number of thiazole rings is 1. The van der Waals surface area contributed by atoms with Crippen molar-refractivity contribution in [2.24, 2.45) is 0 Å². The highest BCUT2D eigenvalue weighted by Gasteiger charge is 2.20. The van der Waals surface area contributed by atoms with Crippen LogP contribution in [-0.4, -0.2) is 15.9 Å². The minimum atomic E-state index is 0.0586. The molecule has 0 aliphatic heterocycles. The van der Waals surface area contributed by atoms with Crippen molar-refractivity contribution in [3.63, 3.8) is 0 Å². The van der Waals surface area contributed by atoms with Gasteiger partial charge in [-0.3, -0.25) is 14.7 Å².